The van der Waals surface area contributed by atoms with Crippen molar-refractivity contribution in [1.82, 2.24) is 15.2 Å². The number of hydrogen-bond donors (Lipinski definition) is 3. The van der Waals surface area contributed by atoms with Gasteiger partial charge >= 0.3 is 0 Å². The van der Waals surface area contributed by atoms with Gasteiger partial charge in [-0.3, -0.25) is 9.78 Å². The minimum atomic E-state index is -1.17. The number of aromatic nitrogens is 1. The third-order valence-electron chi connectivity index (χ3n) is 6.95. The number of likely N-dealkylation sites (N-methyl/N-ethyl adjacent to an activating group) is 1. The fourth-order valence-electron chi connectivity index (χ4n) is 4.91. The Hall–Kier alpha value is -3.27. The lowest BCUT2D eigenvalue weighted by Crippen LogP contribution is -2.49. The lowest BCUT2D eigenvalue weighted by Gasteiger charge is -2.33. The maximum Gasteiger partial charge on any atom is 0.242 e. The van der Waals surface area contributed by atoms with Crippen molar-refractivity contribution in [3.63, 3.8) is 0 Å². The number of aryl methyl sites for hydroxylation is 1. The van der Waals surface area contributed by atoms with Crippen LogP contribution in [-0.4, -0.2) is 54.6 Å². The molecule has 1 fully saturated rings. The second-order valence-corrected chi connectivity index (χ2v) is 9.63. The molecule has 6 nitrogen and oxygen atoms in total. The van der Waals surface area contributed by atoms with E-state index in [1.165, 1.54) is 42.6 Å². The highest BCUT2D eigenvalue weighted by Crippen LogP contribution is 2.30. The van der Waals surface area contributed by atoms with E-state index in [-0.39, 0.29) is 11.7 Å². The standard InChI is InChI=1S/C28H32F3N5O/c1-17-11-19(13-21(30)12-17)26(18-3-5-20(29)6-4-18)27(32)28(37)35-25-16-34-15-24(31)23(25)8-7-22-14-33-9-10-36(22)2/h3-6,11-13,15-16,22,26-27,33H,7-10,14,32H2,1-2H3,(H,35,37)/t22-,26+,27+/m1/s1. The van der Waals surface area contributed by atoms with E-state index in [9.17, 15) is 18.0 Å². The summed E-state index contributed by atoms with van der Waals surface area (Å²) in [4.78, 5) is 19.5. The molecule has 0 unspecified atom stereocenters. The normalized spacial score (nSPS) is 17.8. The number of piperazine rings is 1. The van der Waals surface area contributed by atoms with E-state index in [0.717, 1.165) is 25.8 Å². The van der Waals surface area contributed by atoms with Gasteiger partial charge in [-0.25, -0.2) is 13.2 Å². The van der Waals surface area contributed by atoms with Crippen LogP contribution in [0.2, 0.25) is 0 Å². The van der Waals surface area contributed by atoms with Crippen molar-refractivity contribution in [2.24, 2.45) is 5.73 Å². The fraction of sp³-hybridized carbons (Fsp3) is 0.357. The zero-order valence-electron chi connectivity index (χ0n) is 21.0. The molecule has 2 heterocycles. The number of carbonyl (C=O) groups is 1. The van der Waals surface area contributed by atoms with Gasteiger partial charge in [0.1, 0.15) is 17.5 Å². The van der Waals surface area contributed by atoms with Crippen molar-refractivity contribution >= 4 is 11.6 Å². The van der Waals surface area contributed by atoms with Crippen LogP contribution in [0.5, 0.6) is 0 Å². The lowest BCUT2D eigenvalue weighted by molar-refractivity contribution is -0.117. The first-order valence-corrected chi connectivity index (χ1v) is 12.3. The molecule has 4 rings (SSSR count). The zero-order valence-corrected chi connectivity index (χ0v) is 21.0. The number of amides is 1. The van der Waals surface area contributed by atoms with Crippen molar-refractivity contribution in [3.05, 3.63) is 94.6 Å². The number of halogens is 3. The van der Waals surface area contributed by atoms with Gasteiger partial charge in [0.15, 0.2) is 0 Å². The van der Waals surface area contributed by atoms with E-state index in [1.807, 2.05) is 7.05 Å². The van der Waals surface area contributed by atoms with Crippen LogP contribution in [0.15, 0.2) is 54.9 Å². The van der Waals surface area contributed by atoms with E-state index in [0.29, 0.717) is 35.1 Å². The Bertz CT molecular complexity index is 1220. The summed E-state index contributed by atoms with van der Waals surface area (Å²) in [6, 6.07) is 9.10. The van der Waals surface area contributed by atoms with Crippen LogP contribution in [0.4, 0.5) is 18.9 Å². The van der Waals surface area contributed by atoms with Crippen molar-refractivity contribution in [2.45, 2.75) is 37.8 Å². The first-order chi connectivity index (χ1) is 17.7. The van der Waals surface area contributed by atoms with Gasteiger partial charge in [0, 0.05) is 37.2 Å². The molecule has 0 aliphatic carbocycles. The summed E-state index contributed by atoms with van der Waals surface area (Å²) in [5, 5.41) is 6.10. The topological polar surface area (TPSA) is 83.3 Å². The number of carbonyl (C=O) groups excluding carboxylic acids is 1. The maximum atomic E-state index is 14.8. The molecule has 0 saturated carbocycles. The first-order valence-electron chi connectivity index (χ1n) is 12.3. The van der Waals surface area contributed by atoms with Gasteiger partial charge in [-0.1, -0.05) is 18.2 Å². The molecule has 9 heteroatoms. The summed E-state index contributed by atoms with van der Waals surface area (Å²) < 4.78 is 42.7. The Morgan fingerprint density at radius 1 is 1.14 bits per heavy atom. The molecule has 4 N–H and O–H groups in total. The Kier molecular flexibility index (Phi) is 8.58. The summed E-state index contributed by atoms with van der Waals surface area (Å²) in [5.41, 5.74) is 8.76. The number of hydrogen-bond acceptors (Lipinski definition) is 5. The van der Waals surface area contributed by atoms with Crippen LogP contribution < -0.4 is 16.4 Å². The van der Waals surface area contributed by atoms with E-state index in [2.05, 4.69) is 20.5 Å². The molecule has 3 atom stereocenters. The predicted octanol–water partition coefficient (Wildman–Crippen LogP) is 3.74. The van der Waals surface area contributed by atoms with Gasteiger partial charge in [0.25, 0.3) is 0 Å². The summed E-state index contributed by atoms with van der Waals surface area (Å²) in [6.45, 7) is 4.37. The highest BCUT2D eigenvalue weighted by atomic mass is 19.1. The molecule has 1 aromatic heterocycles. The minimum Gasteiger partial charge on any atom is -0.323 e. The molecule has 0 spiro atoms. The Morgan fingerprint density at radius 3 is 2.59 bits per heavy atom. The van der Waals surface area contributed by atoms with Crippen LogP contribution in [0.3, 0.4) is 0 Å². The Labute approximate surface area is 215 Å². The lowest BCUT2D eigenvalue weighted by atomic mass is 9.84. The molecule has 196 valence electrons. The van der Waals surface area contributed by atoms with Crippen LogP contribution in [0.1, 0.15) is 34.6 Å². The summed E-state index contributed by atoms with van der Waals surface area (Å²) in [5.74, 6) is -2.75. The molecule has 1 aliphatic rings. The van der Waals surface area contributed by atoms with Crippen molar-refractivity contribution < 1.29 is 18.0 Å². The van der Waals surface area contributed by atoms with Crippen LogP contribution >= 0.6 is 0 Å². The van der Waals surface area contributed by atoms with E-state index in [4.69, 9.17) is 5.73 Å². The molecule has 0 radical (unpaired) electrons. The average molecular weight is 512 g/mol. The smallest absolute Gasteiger partial charge is 0.242 e. The second kappa shape index (κ2) is 11.9. The van der Waals surface area contributed by atoms with Gasteiger partial charge in [-0.15, -0.1) is 0 Å². The largest absolute Gasteiger partial charge is 0.323 e. The van der Waals surface area contributed by atoms with E-state index < -0.39 is 35.3 Å². The molecular weight excluding hydrogens is 479 g/mol. The van der Waals surface area contributed by atoms with Gasteiger partial charge in [0.2, 0.25) is 5.91 Å². The van der Waals surface area contributed by atoms with Gasteiger partial charge < -0.3 is 21.3 Å². The SMILES string of the molecule is Cc1cc(F)cc([C@H](c2ccc(F)cc2)[C@H](N)C(=O)Nc2cncc(F)c2CC[C@@H]2CNCCN2C)c1. The summed E-state index contributed by atoms with van der Waals surface area (Å²) in [7, 11) is 2.04. The minimum absolute atomic E-state index is 0.242. The Morgan fingerprint density at radius 2 is 1.89 bits per heavy atom. The number of nitrogens with two attached hydrogens (primary N) is 1. The van der Waals surface area contributed by atoms with Crippen molar-refractivity contribution in [1.29, 1.82) is 0 Å². The maximum absolute atomic E-state index is 14.8. The monoisotopic (exact) mass is 511 g/mol. The number of pyridine rings is 1. The van der Waals surface area contributed by atoms with Gasteiger partial charge in [0.05, 0.1) is 24.1 Å². The fourth-order valence-corrected chi connectivity index (χ4v) is 4.91. The van der Waals surface area contributed by atoms with Crippen molar-refractivity contribution in [3.8, 4) is 0 Å². The third-order valence-corrected chi connectivity index (χ3v) is 6.95. The average Bonchev–Trinajstić information content (AvgIpc) is 2.85. The number of benzene rings is 2. The Balaban J connectivity index is 1.59. The molecule has 1 saturated heterocycles. The van der Waals surface area contributed by atoms with Crippen LogP contribution in [0.25, 0.3) is 0 Å². The second-order valence-electron chi connectivity index (χ2n) is 9.63. The highest BCUT2D eigenvalue weighted by Gasteiger charge is 2.29. The summed E-state index contributed by atoms with van der Waals surface area (Å²) >= 11 is 0. The number of nitrogens with one attached hydrogen (secondary N) is 2. The number of nitrogens with zero attached hydrogens (tertiary/aromatic N) is 2. The molecular formula is C28H32F3N5O. The molecule has 0 bridgehead atoms. The molecule has 37 heavy (non-hydrogen) atoms. The predicted molar refractivity (Wildman–Crippen MR) is 138 cm³/mol. The number of rotatable bonds is 8. The van der Waals surface area contributed by atoms with Gasteiger partial charge in [-0.2, -0.15) is 0 Å². The molecule has 1 amide bonds. The quantitative estimate of drug-likeness (QED) is 0.429. The third kappa shape index (κ3) is 6.54. The van der Waals surface area contributed by atoms with Crippen LogP contribution in [-0.2, 0) is 11.2 Å². The number of anilines is 1. The molecule has 2 aromatic carbocycles. The highest BCUT2D eigenvalue weighted by molar-refractivity contribution is 5.96. The zero-order chi connectivity index (χ0) is 26.5. The van der Waals surface area contributed by atoms with Crippen molar-refractivity contribution in [2.75, 3.05) is 32.0 Å². The van der Waals surface area contributed by atoms with E-state index in [1.54, 1.807) is 13.0 Å². The molecule has 1 aliphatic heterocycles. The van der Waals surface area contributed by atoms with Gasteiger partial charge in [-0.05, 0) is 67.8 Å². The van der Waals surface area contributed by atoms with Crippen LogP contribution in [0, 0.1) is 24.4 Å². The van der Waals surface area contributed by atoms with E-state index >= 15 is 0 Å². The molecule has 3 aromatic rings. The summed E-state index contributed by atoms with van der Waals surface area (Å²) in [6.07, 6.45) is 3.64. The first kappa shape index (κ1) is 26.8.